The molecule has 2 nitrogen and oxygen atoms in total. The van der Waals surface area contributed by atoms with Gasteiger partial charge in [-0.1, -0.05) is 37.3 Å². The summed E-state index contributed by atoms with van der Waals surface area (Å²) in [5.74, 6) is 0.717. The van der Waals surface area contributed by atoms with Crippen molar-refractivity contribution in [2.75, 3.05) is 6.61 Å². The van der Waals surface area contributed by atoms with E-state index in [9.17, 15) is 0 Å². The van der Waals surface area contributed by atoms with Crippen LogP contribution in [0.5, 0.6) is 0 Å². The number of hydrogen-bond acceptors (Lipinski definition) is 2. The van der Waals surface area contributed by atoms with Crippen molar-refractivity contribution in [1.82, 2.24) is 5.32 Å². The smallest absolute Gasteiger partial charge is 0.0584 e. The van der Waals surface area contributed by atoms with Crippen molar-refractivity contribution < 1.29 is 5.11 Å². The van der Waals surface area contributed by atoms with Crippen LogP contribution in [0.4, 0.5) is 0 Å². The molecule has 2 rings (SSSR count). The Hall–Kier alpha value is -0.860. The zero-order valence-corrected chi connectivity index (χ0v) is 9.89. The Morgan fingerprint density at radius 2 is 2.00 bits per heavy atom. The second-order valence-electron chi connectivity index (χ2n) is 4.73. The quantitative estimate of drug-likeness (QED) is 0.796. The Morgan fingerprint density at radius 1 is 1.31 bits per heavy atom. The largest absolute Gasteiger partial charge is 0.395 e. The Bertz CT molecular complexity index is 302. The molecule has 1 aliphatic rings. The van der Waals surface area contributed by atoms with E-state index in [2.05, 4.69) is 42.6 Å². The van der Waals surface area contributed by atoms with Crippen LogP contribution in [0.2, 0.25) is 0 Å². The van der Waals surface area contributed by atoms with E-state index in [1.807, 2.05) is 0 Å². The Morgan fingerprint density at radius 3 is 2.56 bits per heavy atom. The maximum Gasteiger partial charge on any atom is 0.0584 e. The molecule has 1 aromatic carbocycles. The molecule has 1 saturated carbocycles. The molecule has 0 spiro atoms. The van der Waals surface area contributed by atoms with Gasteiger partial charge in [-0.05, 0) is 30.7 Å². The van der Waals surface area contributed by atoms with Crippen molar-refractivity contribution in [1.29, 1.82) is 0 Å². The van der Waals surface area contributed by atoms with Crippen LogP contribution in [-0.4, -0.2) is 23.8 Å². The third kappa shape index (κ3) is 2.63. The number of rotatable bonds is 5. The number of nitrogens with one attached hydrogen (secondary N) is 1. The summed E-state index contributed by atoms with van der Waals surface area (Å²) in [6.07, 6.45) is 3.42. The first-order valence-electron chi connectivity index (χ1n) is 6.25. The average Bonchev–Trinajstić information content (AvgIpc) is 2.29. The number of aliphatic hydroxyl groups excluding tert-OH is 1. The summed E-state index contributed by atoms with van der Waals surface area (Å²) in [5.41, 5.74) is 1.46. The van der Waals surface area contributed by atoms with Gasteiger partial charge in [-0.25, -0.2) is 0 Å². The standard InChI is InChI=1S/C14H21NO/c1-2-13(10-16)15-14-8-12(9-14)11-6-4-3-5-7-11/h3-7,12-16H,2,8-10H2,1H3/t12?,13-,14?/m1/s1. The van der Waals surface area contributed by atoms with Gasteiger partial charge in [-0.3, -0.25) is 0 Å². The highest BCUT2D eigenvalue weighted by molar-refractivity contribution is 5.22. The van der Waals surface area contributed by atoms with Crippen molar-refractivity contribution in [3.05, 3.63) is 35.9 Å². The summed E-state index contributed by atoms with van der Waals surface area (Å²) in [7, 11) is 0. The highest BCUT2D eigenvalue weighted by Crippen LogP contribution is 2.36. The van der Waals surface area contributed by atoms with E-state index >= 15 is 0 Å². The lowest BCUT2D eigenvalue weighted by Crippen LogP contribution is -2.46. The van der Waals surface area contributed by atoms with Gasteiger partial charge in [0.1, 0.15) is 0 Å². The van der Waals surface area contributed by atoms with Crippen LogP contribution < -0.4 is 5.32 Å². The summed E-state index contributed by atoms with van der Waals surface area (Å²) in [6.45, 7) is 2.37. The van der Waals surface area contributed by atoms with Crippen molar-refractivity contribution in [3.63, 3.8) is 0 Å². The SMILES string of the molecule is CC[C@H](CO)NC1CC(c2ccccc2)C1. The molecule has 0 bridgehead atoms. The topological polar surface area (TPSA) is 32.3 Å². The Kier molecular flexibility index (Phi) is 3.97. The highest BCUT2D eigenvalue weighted by Gasteiger charge is 2.30. The molecule has 0 aliphatic heterocycles. The van der Waals surface area contributed by atoms with Gasteiger partial charge in [0.05, 0.1) is 6.61 Å². The van der Waals surface area contributed by atoms with Crippen LogP contribution in [-0.2, 0) is 0 Å². The molecule has 2 heteroatoms. The number of aliphatic hydroxyl groups is 1. The molecule has 0 aromatic heterocycles. The third-order valence-corrected chi connectivity index (χ3v) is 3.59. The fourth-order valence-electron chi connectivity index (χ4n) is 2.38. The van der Waals surface area contributed by atoms with E-state index in [-0.39, 0.29) is 12.6 Å². The minimum Gasteiger partial charge on any atom is -0.395 e. The van der Waals surface area contributed by atoms with Gasteiger partial charge in [0.25, 0.3) is 0 Å². The Labute approximate surface area is 97.7 Å². The number of benzene rings is 1. The molecule has 1 aromatic rings. The van der Waals surface area contributed by atoms with Crippen LogP contribution in [0.15, 0.2) is 30.3 Å². The fraction of sp³-hybridized carbons (Fsp3) is 0.571. The second-order valence-corrected chi connectivity index (χ2v) is 4.73. The first-order chi connectivity index (χ1) is 7.83. The first kappa shape index (κ1) is 11.6. The lowest BCUT2D eigenvalue weighted by Gasteiger charge is -2.38. The first-order valence-corrected chi connectivity index (χ1v) is 6.25. The van der Waals surface area contributed by atoms with Gasteiger partial charge in [-0.2, -0.15) is 0 Å². The van der Waals surface area contributed by atoms with Crippen molar-refractivity contribution >= 4 is 0 Å². The molecular formula is C14H21NO. The lowest BCUT2D eigenvalue weighted by molar-refractivity contribution is 0.193. The van der Waals surface area contributed by atoms with Gasteiger partial charge in [0.2, 0.25) is 0 Å². The van der Waals surface area contributed by atoms with Gasteiger partial charge in [0, 0.05) is 12.1 Å². The lowest BCUT2D eigenvalue weighted by atomic mass is 9.75. The van der Waals surface area contributed by atoms with Crippen LogP contribution in [0.25, 0.3) is 0 Å². The van der Waals surface area contributed by atoms with Crippen LogP contribution in [0, 0.1) is 0 Å². The molecular weight excluding hydrogens is 198 g/mol. The molecule has 0 radical (unpaired) electrons. The van der Waals surface area contributed by atoms with E-state index in [1.54, 1.807) is 0 Å². The van der Waals surface area contributed by atoms with E-state index < -0.39 is 0 Å². The average molecular weight is 219 g/mol. The molecule has 16 heavy (non-hydrogen) atoms. The van der Waals surface area contributed by atoms with Crippen molar-refractivity contribution in [2.24, 2.45) is 0 Å². The monoisotopic (exact) mass is 219 g/mol. The third-order valence-electron chi connectivity index (χ3n) is 3.59. The molecule has 0 unspecified atom stereocenters. The zero-order chi connectivity index (χ0) is 11.4. The predicted octanol–water partition coefficient (Wildman–Crippen LogP) is 2.29. The van der Waals surface area contributed by atoms with Crippen molar-refractivity contribution in [2.45, 2.75) is 44.2 Å². The van der Waals surface area contributed by atoms with E-state index in [0.717, 1.165) is 12.3 Å². The van der Waals surface area contributed by atoms with Gasteiger partial charge >= 0.3 is 0 Å². The summed E-state index contributed by atoms with van der Waals surface area (Å²) < 4.78 is 0. The molecule has 0 amide bonds. The molecule has 88 valence electrons. The molecule has 1 atom stereocenters. The van der Waals surface area contributed by atoms with E-state index in [0.29, 0.717) is 6.04 Å². The van der Waals surface area contributed by atoms with Gasteiger partial charge in [-0.15, -0.1) is 0 Å². The molecule has 1 aliphatic carbocycles. The maximum absolute atomic E-state index is 9.11. The highest BCUT2D eigenvalue weighted by atomic mass is 16.3. The van der Waals surface area contributed by atoms with Gasteiger partial charge in [0.15, 0.2) is 0 Å². The van der Waals surface area contributed by atoms with Crippen LogP contribution >= 0.6 is 0 Å². The van der Waals surface area contributed by atoms with Gasteiger partial charge < -0.3 is 10.4 Å². The molecule has 1 fully saturated rings. The maximum atomic E-state index is 9.11. The summed E-state index contributed by atoms with van der Waals surface area (Å²) in [4.78, 5) is 0. The molecule has 0 saturated heterocycles. The minimum atomic E-state index is 0.253. The van der Waals surface area contributed by atoms with Crippen LogP contribution in [0.3, 0.4) is 0 Å². The Balaban J connectivity index is 1.78. The minimum absolute atomic E-state index is 0.253. The predicted molar refractivity (Wildman–Crippen MR) is 66.5 cm³/mol. The zero-order valence-electron chi connectivity index (χ0n) is 9.89. The van der Waals surface area contributed by atoms with Crippen LogP contribution in [0.1, 0.15) is 37.7 Å². The summed E-state index contributed by atoms with van der Waals surface area (Å²) in [6, 6.07) is 11.6. The number of hydrogen-bond donors (Lipinski definition) is 2. The van der Waals surface area contributed by atoms with E-state index in [1.165, 1.54) is 18.4 Å². The second kappa shape index (κ2) is 5.46. The molecule has 2 N–H and O–H groups in total. The normalized spacial score (nSPS) is 26.1. The van der Waals surface area contributed by atoms with Crippen molar-refractivity contribution in [3.8, 4) is 0 Å². The fourth-order valence-corrected chi connectivity index (χ4v) is 2.38. The van der Waals surface area contributed by atoms with E-state index in [4.69, 9.17) is 5.11 Å². The summed E-state index contributed by atoms with van der Waals surface area (Å²) >= 11 is 0. The molecule has 0 heterocycles. The summed E-state index contributed by atoms with van der Waals surface area (Å²) in [5, 5.41) is 12.6.